The lowest BCUT2D eigenvalue weighted by atomic mass is 9.96. The van der Waals surface area contributed by atoms with Crippen molar-refractivity contribution in [1.82, 2.24) is 4.98 Å². The Labute approximate surface area is 118 Å². The van der Waals surface area contributed by atoms with Crippen molar-refractivity contribution < 1.29 is 0 Å². The molecule has 0 bridgehead atoms. The van der Waals surface area contributed by atoms with Crippen LogP contribution in [0.1, 0.15) is 18.1 Å². The molecule has 0 saturated carbocycles. The molecule has 96 valence electrons. The molecular weight excluding hydrogens is 242 g/mol. The molecule has 2 aromatic carbocycles. The minimum absolute atomic E-state index is 1.05. The molecule has 0 unspecified atom stereocenters. The van der Waals surface area contributed by atoms with Crippen LogP contribution in [0.4, 0.5) is 0 Å². The van der Waals surface area contributed by atoms with Gasteiger partial charge in [0.1, 0.15) is 0 Å². The summed E-state index contributed by atoms with van der Waals surface area (Å²) >= 11 is 0. The summed E-state index contributed by atoms with van der Waals surface area (Å²) in [7, 11) is 0. The molecule has 0 N–H and O–H groups in total. The third-order valence-electron chi connectivity index (χ3n) is 3.97. The number of fused-ring (bicyclic) bond motifs is 2. The molecule has 1 aliphatic carbocycles. The van der Waals surface area contributed by atoms with Gasteiger partial charge in [-0.1, -0.05) is 48.0 Å². The van der Waals surface area contributed by atoms with Gasteiger partial charge >= 0.3 is 0 Å². The van der Waals surface area contributed by atoms with Gasteiger partial charge in [-0.25, -0.2) is 0 Å². The summed E-state index contributed by atoms with van der Waals surface area (Å²) in [5, 5.41) is 1.20. The molecule has 1 heteroatoms. The highest BCUT2D eigenvalue weighted by molar-refractivity contribution is 5.85. The van der Waals surface area contributed by atoms with Crippen LogP contribution in [0.25, 0.3) is 28.1 Å². The summed E-state index contributed by atoms with van der Waals surface area (Å²) in [6.07, 6.45) is 5.33. The molecule has 3 aromatic rings. The number of aromatic nitrogens is 1. The van der Waals surface area contributed by atoms with Gasteiger partial charge in [0, 0.05) is 17.1 Å². The second-order valence-corrected chi connectivity index (χ2v) is 5.46. The minimum Gasteiger partial charge on any atom is -0.256 e. The zero-order chi connectivity index (χ0) is 13.5. The van der Waals surface area contributed by atoms with Crippen LogP contribution in [0.5, 0.6) is 0 Å². The zero-order valence-electron chi connectivity index (χ0n) is 11.4. The van der Waals surface area contributed by atoms with Crippen LogP contribution in [0, 0.1) is 0 Å². The third-order valence-corrected chi connectivity index (χ3v) is 3.97. The number of nitrogens with zero attached hydrogens (tertiary/aromatic N) is 1. The van der Waals surface area contributed by atoms with Gasteiger partial charge in [0.2, 0.25) is 0 Å². The van der Waals surface area contributed by atoms with Crippen molar-refractivity contribution in [2.75, 3.05) is 0 Å². The summed E-state index contributed by atoms with van der Waals surface area (Å²) < 4.78 is 0. The van der Waals surface area contributed by atoms with Crippen LogP contribution in [0.3, 0.4) is 0 Å². The smallest absolute Gasteiger partial charge is 0.0702 e. The van der Waals surface area contributed by atoms with E-state index in [-0.39, 0.29) is 0 Å². The standard InChI is InChI=1S/C19H15N/c1-13-9-14-6-4-7-17(18(14)10-13)16-11-15-5-2-3-8-19(15)20-12-16/h2-9,11-12H,10H2,1H3. The molecule has 0 fully saturated rings. The molecule has 1 heterocycles. The van der Waals surface area contributed by atoms with E-state index in [9.17, 15) is 0 Å². The second kappa shape index (κ2) is 4.31. The monoisotopic (exact) mass is 257 g/mol. The Hall–Kier alpha value is -2.41. The van der Waals surface area contributed by atoms with Crippen molar-refractivity contribution in [1.29, 1.82) is 0 Å². The van der Waals surface area contributed by atoms with Crippen molar-refractivity contribution in [3.63, 3.8) is 0 Å². The Kier molecular flexibility index (Phi) is 2.46. The summed E-state index contributed by atoms with van der Waals surface area (Å²) in [5.41, 5.74) is 7.80. The lowest BCUT2D eigenvalue weighted by Gasteiger charge is -2.09. The maximum Gasteiger partial charge on any atom is 0.0702 e. The van der Waals surface area contributed by atoms with Crippen molar-refractivity contribution >= 4 is 17.0 Å². The molecule has 0 spiro atoms. The first-order valence-corrected chi connectivity index (χ1v) is 6.95. The van der Waals surface area contributed by atoms with Crippen LogP contribution < -0.4 is 0 Å². The van der Waals surface area contributed by atoms with E-state index in [1.807, 2.05) is 12.3 Å². The summed E-state index contributed by atoms with van der Waals surface area (Å²) in [5.74, 6) is 0. The van der Waals surface area contributed by atoms with Gasteiger partial charge in [-0.3, -0.25) is 4.98 Å². The molecule has 1 nitrogen and oxygen atoms in total. The number of hydrogen-bond acceptors (Lipinski definition) is 1. The van der Waals surface area contributed by atoms with Gasteiger partial charge in [-0.15, -0.1) is 0 Å². The summed E-state index contributed by atoms with van der Waals surface area (Å²) in [6, 6.07) is 17.1. The number of allylic oxidation sites excluding steroid dienone is 1. The van der Waals surface area contributed by atoms with Crippen LogP contribution in [0.15, 0.2) is 60.3 Å². The fourth-order valence-corrected chi connectivity index (χ4v) is 3.02. The first kappa shape index (κ1) is 11.4. The fourth-order valence-electron chi connectivity index (χ4n) is 3.02. The van der Waals surface area contributed by atoms with E-state index in [1.54, 1.807) is 0 Å². The molecule has 4 rings (SSSR count). The SMILES string of the molecule is CC1=Cc2cccc(-c3cnc4ccccc4c3)c2C1. The van der Waals surface area contributed by atoms with Gasteiger partial charge in [-0.2, -0.15) is 0 Å². The zero-order valence-corrected chi connectivity index (χ0v) is 11.4. The van der Waals surface area contributed by atoms with E-state index in [1.165, 1.54) is 33.2 Å². The van der Waals surface area contributed by atoms with E-state index in [4.69, 9.17) is 0 Å². The van der Waals surface area contributed by atoms with E-state index in [0.29, 0.717) is 0 Å². The number of pyridine rings is 1. The predicted octanol–water partition coefficient (Wildman–Crippen LogP) is 4.86. The van der Waals surface area contributed by atoms with E-state index in [0.717, 1.165) is 11.9 Å². The molecule has 0 aliphatic heterocycles. The number of hydrogen-bond donors (Lipinski definition) is 0. The minimum atomic E-state index is 1.05. The first-order valence-electron chi connectivity index (χ1n) is 6.95. The quantitative estimate of drug-likeness (QED) is 0.606. The average molecular weight is 257 g/mol. The van der Waals surface area contributed by atoms with Gasteiger partial charge in [-0.05, 0) is 42.2 Å². The molecule has 1 aromatic heterocycles. The number of rotatable bonds is 1. The highest BCUT2D eigenvalue weighted by Gasteiger charge is 2.14. The Bertz CT molecular complexity index is 843. The lowest BCUT2D eigenvalue weighted by molar-refractivity contribution is 1.19. The van der Waals surface area contributed by atoms with Crippen molar-refractivity contribution in [3.8, 4) is 11.1 Å². The molecule has 0 saturated heterocycles. The molecule has 0 atom stereocenters. The molecule has 0 amide bonds. The molecule has 0 radical (unpaired) electrons. The maximum absolute atomic E-state index is 4.59. The lowest BCUT2D eigenvalue weighted by Crippen LogP contribution is -1.90. The van der Waals surface area contributed by atoms with Crippen LogP contribution >= 0.6 is 0 Å². The third kappa shape index (κ3) is 1.75. The van der Waals surface area contributed by atoms with Crippen LogP contribution in [-0.2, 0) is 6.42 Å². The van der Waals surface area contributed by atoms with Gasteiger partial charge in [0.05, 0.1) is 5.52 Å². The maximum atomic E-state index is 4.59. The molecule has 1 aliphatic rings. The number of para-hydroxylation sites is 1. The largest absolute Gasteiger partial charge is 0.256 e. The first-order chi connectivity index (χ1) is 9.81. The predicted molar refractivity (Wildman–Crippen MR) is 84.5 cm³/mol. The Morgan fingerprint density at radius 2 is 1.90 bits per heavy atom. The normalized spacial score (nSPS) is 13.3. The molecule has 20 heavy (non-hydrogen) atoms. The number of benzene rings is 2. The van der Waals surface area contributed by atoms with E-state index >= 15 is 0 Å². The Morgan fingerprint density at radius 1 is 1.00 bits per heavy atom. The van der Waals surface area contributed by atoms with Crippen LogP contribution in [-0.4, -0.2) is 4.98 Å². The van der Waals surface area contributed by atoms with Gasteiger partial charge in [0.15, 0.2) is 0 Å². The Balaban J connectivity index is 1.91. The van der Waals surface area contributed by atoms with Crippen LogP contribution in [0.2, 0.25) is 0 Å². The molecular formula is C19H15N. The summed E-state index contributed by atoms with van der Waals surface area (Å²) in [4.78, 5) is 4.59. The van der Waals surface area contributed by atoms with Crippen molar-refractivity contribution in [3.05, 3.63) is 71.4 Å². The van der Waals surface area contributed by atoms with Gasteiger partial charge < -0.3 is 0 Å². The summed E-state index contributed by atoms with van der Waals surface area (Å²) in [6.45, 7) is 2.20. The van der Waals surface area contributed by atoms with Crippen molar-refractivity contribution in [2.24, 2.45) is 0 Å². The van der Waals surface area contributed by atoms with Gasteiger partial charge in [0.25, 0.3) is 0 Å². The fraction of sp³-hybridized carbons (Fsp3) is 0.105. The van der Waals surface area contributed by atoms with E-state index in [2.05, 4.69) is 60.4 Å². The van der Waals surface area contributed by atoms with E-state index < -0.39 is 0 Å². The Morgan fingerprint density at radius 3 is 2.85 bits per heavy atom. The topological polar surface area (TPSA) is 12.9 Å². The average Bonchev–Trinajstić information content (AvgIpc) is 2.86. The highest BCUT2D eigenvalue weighted by Crippen LogP contribution is 2.34. The van der Waals surface area contributed by atoms with Crippen molar-refractivity contribution in [2.45, 2.75) is 13.3 Å². The second-order valence-electron chi connectivity index (χ2n) is 5.46. The highest BCUT2D eigenvalue weighted by atomic mass is 14.6.